The van der Waals surface area contributed by atoms with Crippen LogP contribution in [0.15, 0.2) is 47.4 Å². The number of nitro groups is 1. The van der Waals surface area contributed by atoms with Crippen LogP contribution in [0, 0.1) is 23.0 Å². The van der Waals surface area contributed by atoms with E-state index in [1.807, 2.05) is 0 Å². The summed E-state index contributed by atoms with van der Waals surface area (Å²) >= 11 is 0. The zero-order valence-corrected chi connectivity index (χ0v) is 17.8. The van der Waals surface area contributed by atoms with E-state index in [0.717, 1.165) is 12.8 Å². The number of rotatable bonds is 7. The molecule has 9 heteroatoms. The largest absolute Gasteiger partial charge is 0.377 e. The lowest BCUT2D eigenvalue weighted by atomic mass is 10.0. The Kier molecular flexibility index (Phi) is 6.52. The summed E-state index contributed by atoms with van der Waals surface area (Å²) in [6, 6.07) is 10.7. The summed E-state index contributed by atoms with van der Waals surface area (Å²) in [5, 5.41) is 13.9. The number of carbonyl (C=O) groups is 1. The fourth-order valence-electron chi connectivity index (χ4n) is 3.40. The van der Waals surface area contributed by atoms with Crippen LogP contribution >= 0.6 is 0 Å². The molecule has 8 nitrogen and oxygen atoms in total. The molecule has 0 spiro atoms. The summed E-state index contributed by atoms with van der Waals surface area (Å²) in [6.45, 7) is 4.61. The van der Waals surface area contributed by atoms with Crippen molar-refractivity contribution in [3.05, 3.63) is 63.7 Å². The van der Waals surface area contributed by atoms with Gasteiger partial charge in [-0.25, -0.2) is 8.42 Å². The van der Waals surface area contributed by atoms with Crippen molar-refractivity contribution in [1.29, 1.82) is 0 Å². The third-order valence-corrected chi connectivity index (χ3v) is 7.29. The van der Waals surface area contributed by atoms with Gasteiger partial charge in [-0.1, -0.05) is 25.1 Å². The first-order valence-electron chi connectivity index (χ1n) is 9.81. The average Bonchev–Trinajstić information content (AvgIpc) is 2.73. The van der Waals surface area contributed by atoms with Gasteiger partial charge in [0.1, 0.15) is 0 Å². The number of benzene rings is 2. The molecule has 0 atom stereocenters. The predicted molar refractivity (Wildman–Crippen MR) is 114 cm³/mol. The molecule has 2 aromatic rings. The molecule has 1 N–H and O–H groups in total. The molecule has 1 fully saturated rings. The molecule has 1 aliphatic rings. The summed E-state index contributed by atoms with van der Waals surface area (Å²) in [7, 11) is -3.64. The van der Waals surface area contributed by atoms with Crippen LogP contribution in [0.2, 0.25) is 0 Å². The maximum atomic E-state index is 12.9. The van der Waals surface area contributed by atoms with E-state index >= 15 is 0 Å². The number of nitrogens with one attached hydrogen (secondary N) is 1. The molecule has 1 aliphatic heterocycles. The number of hydrogen-bond donors (Lipinski definition) is 1. The average molecular weight is 432 g/mol. The molecule has 0 amide bonds. The highest BCUT2D eigenvalue weighted by Crippen LogP contribution is 2.25. The molecular weight excluding hydrogens is 406 g/mol. The van der Waals surface area contributed by atoms with Crippen LogP contribution in [0.4, 0.5) is 11.4 Å². The Morgan fingerprint density at radius 2 is 1.90 bits per heavy atom. The Morgan fingerprint density at radius 1 is 1.20 bits per heavy atom. The molecule has 0 aliphatic carbocycles. The van der Waals surface area contributed by atoms with E-state index in [1.165, 1.54) is 22.5 Å². The van der Waals surface area contributed by atoms with E-state index in [0.29, 0.717) is 30.3 Å². The van der Waals surface area contributed by atoms with Gasteiger partial charge in [-0.2, -0.15) is 4.31 Å². The Hall–Kier alpha value is -2.78. The van der Waals surface area contributed by atoms with Crippen molar-refractivity contribution in [1.82, 2.24) is 4.31 Å². The monoisotopic (exact) mass is 431 g/mol. The van der Waals surface area contributed by atoms with E-state index in [2.05, 4.69) is 12.2 Å². The van der Waals surface area contributed by atoms with Crippen LogP contribution in [0.1, 0.15) is 35.7 Å². The number of nitrogens with zero attached hydrogens (tertiary/aromatic N) is 2. The molecule has 0 saturated carbocycles. The van der Waals surface area contributed by atoms with Crippen molar-refractivity contribution in [2.24, 2.45) is 5.92 Å². The fourth-order valence-corrected chi connectivity index (χ4v) is 4.92. The molecule has 0 unspecified atom stereocenters. The van der Waals surface area contributed by atoms with Crippen molar-refractivity contribution >= 4 is 27.2 Å². The van der Waals surface area contributed by atoms with Crippen LogP contribution in [-0.2, 0) is 10.0 Å². The number of anilines is 1. The quantitative estimate of drug-likeness (QED) is 0.407. The standard InChI is InChI=1S/C21H25N3O5S/c1-15-8-10-23(11-9-15)30(28,29)19-5-3-4-17(12-19)21(25)14-22-18-7-6-16(2)20(13-18)24(26)27/h3-7,12-13,15,22H,8-11,14H2,1-2H3. The second-order valence-corrected chi connectivity index (χ2v) is 9.59. The third kappa shape index (κ3) is 4.85. The van der Waals surface area contributed by atoms with Gasteiger partial charge in [0.25, 0.3) is 5.69 Å². The summed E-state index contributed by atoms with van der Waals surface area (Å²) in [5.41, 5.74) is 1.22. The number of piperidine rings is 1. The molecule has 0 radical (unpaired) electrons. The van der Waals surface area contributed by atoms with Gasteiger partial charge in [-0.15, -0.1) is 0 Å². The number of hydrogen-bond acceptors (Lipinski definition) is 6. The minimum atomic E-state index is -3.64. The van der Waals surface area contributed by atoms with Crippen LogP contribution in [-0.4, -0.2) is 43.1 Å². The molecule has 2 aromatic carbocycles. The molecule has 160 valence electrons. The maximum Gasteiger partial charge on any atom is 0.274 e. The highest BCUT2D eigenvalue weighted by atomic mass is 32.2. The van der Waals surface area contributed by atoms with E-state index in [-0.39, 0.29) is 28.5 Å². The Labute approximate surface area is 176 Å². The van der Waals surface area contributed by atoms with Gasteiger partial charge >= 0.3 is 0 Å². The highest BCUT2D eigenvalue weighted by molar-refractivity contribution is 7.89. The Balaban J connectivity index is 1.72. The molecule has 30 heavy (non-hydrogen) atoms. The van der Waals surface area contributed by atoms with E-state index in [4.69, 9.17) is 0 Å². The first-order chi connectivity index (χ1) is 14.2. The topological polar surface area (TPSA) is 110 Å². The number of nitro benzene ring substituents is 1. The van der Waals surface area contributed by atoms with Gasteiger partial charge in [0.05, 0.1) is 16.4 Å². The summed E-state index contributed by atoms with van der Waals surface area (Å²) < 4.78 is 27.3. The smallest absolute Gasteiger partial charge is 0.274 e. The normalized spacial score (nSPS) is 15.7. The third-order valence-electron chi connectivity index (χ3n) is 5.40. The highest BCUT2D eigenvalue weighted by Gasteiger charge is 2.28. The molecule has 3 rings (SSSR count). The number of aryl methyl sites for hydroxylation is 1. The summed E-state index contributed by atoms with van der Waals surface area (Å²) in [5.74, 6) is 0.204. The SMILES string of the molecule is Cc1ccc(NCC(=O)c2cccc(S(=O)(=O)N3CCC(C)CC3)c2)cc1[N+](=O)[O-]. The molecule has 1 saturated heterocycles. The zero-order valence-electron chi connectivity index (χ0n) is 17.0. The second kappa shape index (κ2) is 8.93. The Morgan fingerprint density at radius 3 is 2.57 bits per heavy atom. The van der Waals surface area contributed by atoms with Crippen LogP contribution < -0.4 is 5.32 Å². The van der Waals surface area contributed by atoms with Crippen molar-refractivity contribution in [2.45, 2.75) is 31.6 Å². The number of sulfonamides is 1. The van der Waals surface area contributed by atoms with Gasteiger partial charge in [0, 0.05) is 36.0 Å². The lowest BCUT2D eigenvalue weighted by molar-refractivity contribution is -0.385. The first kappa shape index (κ1) is 21.9. The minimum absolute atomic E-state index is 0.0311. The summed E-state index contributed by atoms with van der Waals surface area (Å²) in [4.78, 5) is 23.3. The van der Waals surface area contributed by atoms with E-state index in [9.17, 15) is 23.3 Å². The lowest BCUT2D eigenvalue weighted by Gasteiger charge is -2.29. The second-order valence-electron chi connectivity index (χ2n) is 7.65. The maximum absolute atomic E-state index is 12.9. The van der Waals surface area contributed by atoms with Crippen molar-refractivity contribution in [2.75, 3.05) is 25.0 Å². The molecular formula is C21H25N3O5S. The zero-order chi connectivity index (χ0) is 21.9. The van der Waals surface area contributed by atoms with Gasteiger partial charge in [-0.3, -0.25) is 14.9 Å². The predicted octanol–water partition coefficient (Wildman–Crippen LogP) is 3.62. The van der Waals surface area contributed by atoms with Crippen molar-refractivity contribution < 1.29 is 18.1 Å². The number of Topliss-reactive ketones (excluding diaryl/α,β-unsaturated/α-hetero) is 1. The van der Waals surface area contributed by atoms with Gasteiger partial charge < -0.3 is 5.32 Å². The minimum Gasteiger partial charge on any atom is -0.377 e. The van der Waals surface area contributed by atoms with Crippen molar-refractivity contribution in [3.63, 3.8) is 0 Å². The van der Waals surface area contributed by atoms with Crippen LogP contribution in [0.5, 0.6) is 0 Å². The van der Waals surface area contributed by atoms with Crippen LogP contribution in [0.3, 0.4) is 0 Å². The lowest BCUT2D eigenvalue weighted by Crippen LogP contribution is -2.37. The van der Waals surface area contributed by atoms with Crippen LogP contribution in [0.25, 0.3) is 0 Å². The number of carbonyl (C=O) groups excluding carboxylic acids is 1. The molecule has 1 heterocycles. The van der Waals surface area contributed by atoms with E-state index < -0.39 is 14.9 Å². The van der Waals surface area contributed by atoms with E-state index in [1.54, 1.807) is 31.2 Å². The first-order valence-corrected chi connectivity index (χ1v) is 11.2. The fraction of sp³-hybridized carbons (Fsp3) is 0.381. The number of ketones is 1. The van der Waals surface area contributed by atoms with Gasteiger partial charge in [-0.05, 0) is 43.9 Å². The molecule has 0 bridgehead atoms. The summed E-state index contributed by atoms with van der Waals surface area (Å²) in [6.07, 6.45) is 1.65. The Bertz CT molecular complexity index is 1060. The van der Waals surface area contributed by atoms with Gasteiger partial charge in [0.15, 0.2) is 5.78 Å². The molecule has 0 aromatic heterocycles. The van der Waals surface area contributed by atoms with Gasteiger partial charge in [0.2, 0.25) is 10.0 Å². The van der Waals surface area contributed by atoms with Crippen molar-refractivity contribution in [3.8, 4) is 0 Å².